The van der Waals surface area contributed by atoms with E-state index >= 15 is 0 Å². The first-order valence-electron chi connectivity index (χ1n) is 5.69. The van der Waals surface area contributed by atoms with Gasteiger partial charge in [-0.25, -0.2) is 4.39 Å². The highest BCUT2D eigenvalue weighted by molar-refractivity contribution is 5.95. The van der Waals surface area contributed by atoms with E-state index in [1.54, 1.807) is 12.1 Å². The number of ether oxygens (including phenoxy) is 1. The largest absolute Gasteiger partial charge is 0.497 e. The number of aromatic amines is 1. The summed E-state index contributed by atoms with van der Waals surface area (Å²) in [6, 6.07) is 12.7. The molecular formula is C15H12FNO. The average Bonchev–Trinajstić information content (AvgIpc) is 2.87. The van der Waals surface area contributed by atoms with Crippen LogP contribution in [-0.4, -0.2) is 12.1 Å². The van der Waals surface area contributed by atoms with Crippen molar-refractivity contribution in [1.82, 2.24) is 4.98 Å². The Morgan fingerprint density at radius 3 is 2.72 bits per heavy atom. The summed E-state index contributed by atoms with van der Waals surface area (Å²) in [7, 11) is 1.53. The lowest BCUT2D eigenvalue weighted by molar-refractivity contribution is 0.411. The second kappa shape index (κ2) is 4.18. The summed E-state index contributed by atoms with van der Waals surface area (Å²) in [5.41, 5.74) is 2.47. The number of H-pyrrole nitrogens is 1. The summed E-state index contributed by atoms with van der Waals surface area (Å²) in [5, 5.41) is 1.02. The Hall–Kier alpha value is -2.29. The van der Waals surface area contributed by atoms with Crippen LogP contribution in [0.3, 0.4) is 0 Å². The van der Waals surface area contributed by atoms with Crippen LogP contribution in [0.15, 0.2) is 48.7 Å². The van der Waals surface area contributed by atoms with Crippen LogP contribution < -0.4 is 4.74 Å². The maximum Gasteiger partial charge on any atom is 0.134 e. The molecule has 90 valence electrons. The van der Waals surface area contributed by atoms with Crippen LogP contribution >= 0.6 is 0 Å². The topological polar surface area (TPSA) is 25.0 Å². The minimum atomic E-state index is -0.275. The summed E-state index contributed by atoms with van der Waals surface area (Å²) in [6.45, 7) is 0. The smallest absolute Gasteiger partial charge is 0.134 e. The molecule has 1 aromatic heterocycles. The van der Waals surface area contributed by atoms with Gasteiger partial charge in [0.05, 0.1) is 7.11 Å². The minimum Gasteiger partial charge on any atom is -0.497 e. The van der Waals surface area contributed by atoms with Crippen LogP contribution in [0.5, 0.6) is 5.75 Å². The molecule has 0 aliphatic rings. The van der Waals surface area contributed by atoms with Gasteiger partial charge in [-0.05, 0) is 29.8 Å². The summed E-state index contributed by atoms with van der Waals surface area (Å²) >= 11 is 0. The Morgan fingerprint density at radius 2 is 1.94 bits per heavy atom. The number of nitrogens with one attached hydrogen (secondary N) is 1. The second-order valence-corrected chi connectivity index (χ2v) is 4.09. The molecule has 2 aromatic carbocycles. The first-order valence-corrected chi connectivity index (χ1v) is 5.69. The lowest BCUT2D eigenvalue weighted by atomic mass is 10.0. The van der Waals surface area contributed by atoms with Crippen molar-refractivity contribution in [3.8, 4) is 16.9 Å². The summed E-state index contributed by atoms with van der Waals surface area (Å²) in [4.78, 5) is 3.12. The normalized spacial score (nSPS) is 10.8. The van der Waals surface area contributed by atoms with E-state index in [-0.39, 0.29) is 5.82 Å². The van der Waals surface area contributed by atoms with Crippen LogP contribution in [0, 0.1) is 5.82 Å². The zero-order chi connectivity index (χ0) is 12.5. The van der Waals surface area contributed by atoms with Gasteiger partial charge in [-0.1, -0.05) is 12.1 Å². The summed E-state index contributed by atoms with van der Waals surface area (Å²) in [5.74, 6) is 0.251. The quantitative estimate of drug-likeness (QED) is 0.721. The number of benzene rings is 2. The molecule has 3 rings (SSSR count). The molecular weight excluding hydrogens is 229 g/mol. The number of fused-ring (bicyclic) bond motifs is 1. The van der Waals surface area contributed by atoms with Gasteiger partial charge in [0.2, 0.25) is 0 Å². The third-order valence-electron chi connectivity index (χ3n) is 3.06. The highest BCUT2D eigenvalue weighted by Gasteiger charge is 2.09. The molecule has 0 atom stereocenters. The highest BCUT2D eigenvalue weighted by atomic mass is 19.1. The van der Waals surface area contributed by atoms with Crippen molar-refractivity contribution in [2.75, 3.05) is 7.11 Å². The maximum atomic E-state index is 14.1. The Kier molecular flexibility index (Phi) is 2.52. The molecule has 2 nitrogen and oxygen atoms in total. The van der Waals surface area contributed by atoms with Crippen molar-refractivity contribution >= 4 is 10.9 Å². The number of rotatable bonds is 2. The molecule has 3 heteroatoms. The molecule has 3 aromatic rings. The first kappa shape index (κ1) is 10.8. The summed E-state index contributed by atoms with van der Waals surface area (Å²) in [6.07, 6.45) is 1.86. The van der Waals surface area contributed by atoms with Crippen molar-refractivity contribution in [2.24, 2.45) is 0 Å². The van der Waals surface area contributed by atoms with Crippen molar-refractivity contribution in [3.63, 3.8) is 0 Å². The van der Waals surface area contributed by atoms with Gasteiger partial charge in [0.15, 0.2) is 0 Å². The fourth-order valence-electron chi connectivity index (χ4n) is 2.16. The predicted octanol–water partition coefficient (Wildman–Crippen LogP) is 3.98. The van der Waals surface area contributed by atoms with Crippen LogP contribution in [-0.2, 0) is 0 Å². The molecule has 0 amide bonds. The third kappa shape index (κ3) is 1.64. The van der Waals surface area contributed by atoms with Gasteiger partial charge in [0.1, 0.15) is 11.6 Å². The molecule has 0 aliphatic heterocycles. The van der Waals surface area contributed by atoms with Crippen LogP contribution in [0.4, 0.5) is 4.39 Å². The average molecular weight is 241 g/mol. The second-order valence-electron chi connectivity index (χ2n) is 4.09. The van der Waals surface area contributed by atoms with Gasteiger partial charge < -0.3 is 9.72 Å². The zero-order valence-electron chi connectivity index (χ0n) is 9.91. The molecule has 0 aliphatic carbocycles. The van der Waals surface area contributed by atoms with E-state index in [9.17, 15) is 4.39 Å². The zero-order valence-corrected chi connectivity index (χ0v) is 9.91. The van der Waals surface area contributed by atoms with Gasteiger partial charge in [0, 0.05) is 28.7 Å². The van der Waals surface area contributed by atoms with Crippen LogP contribution in [0.25, 0.3) is 22.0 Å². The van der Waals surface area contributed by atoms with Gasteiger partial charge in [-0.15, -0.1) is 0 Å². The predicted molar refractivity (Wildman–Crippen MR) is 70.2 cm³/mol. The molecule has 0 fully saturated rings. The van der Waals surface area contributed by atoms with E-state index < -0.39 is 0 Å². The molecule has 0 saturated heterocycles. The van der Waals surface area contributed by atoms with E-state index in [0.717, 1.165) is 16.5 Å². The number of aromatic nitrogens is 1. The Balaban J connectivity index is 2.23. The van der Waals surface area contributed by atoms with Crippen LogP contribution in [0.2, 0.25) is 0 Å². The van der Waals surface area contributed by atoms with E-state index in [1.165, 1.54) is 13.2 Å². The molecule has 0 saturated carbocycles. The molecule has 0 spiro atoms. The Morgan fingerprint density at radius 1 is 1.06 bits per heavy atom. The fraction of sp³-hybridized carbons (Fsp3) is 0.0667. The fourth-order valence-corrected chi connectivity index (χ4v) is 2.16. The maximum absolute atomic E-state index is 14.1. The minimum absolute atomic E-state index is 0.275. The van der Waals surface area contributed by atoms with Gasteiger partial charge in [-0.2, -0.15) is 0 Å². The van der Waals surface area contributed by atoms with Gasteiger partial charge >= 0.3 is 0 Å². The lowest BCUT2D eigenvalue weighted by Gasteiger charge is -2.07. The van der Waals surface area contributed by atoms with E-state index in [4.69, 9.17) is 4.74 Å². The lowest BCUT2D eigenvalue weighted by Crippen LogP contribution is -1.88. The van der Waals surface area contributed by atoms with Crippen molar-refractivity contribution < 1.29 is 9.13 Å². The number of methoxy groups -OCH3 is 1. The molecule has 0 radical (unpaired) electrons. The van der Waals surface area contributed by atoms with Crippen molar-refractivity contribution in [1.29, 1.82) is 0 Å². The Bertz CT molecular complexity index is 703. The number of halogens is 1. The third-order valence-corrected chi connectivity index (χ3v) is 3.06. The highest BCUT2D eigenvalue weighted by Crippen LogP contribution is 2.31. The first-order chi connectivity index (χ1) is 8.79. The SMILES string of the molecule is COc1ccc(-c2cccc3[nH]ccc23)c(F)c1. The van der Waals surface area contributed by atoms with E-state index in [0.29, 0.717) is 11.3 Å². The number of hydrogen-bond acceptors (Lipinski definition) is 1. The molecule has 0 unspecified atom stereocenters. The standard InChI is InChI=1S/C15H12FNO/c1-18-10-5-6-12(14(16)9-10)11-3-2-4-15-13(11)7-8-17-15/h2-9,17H,1H3. The van der Waals surface area contributed by atoms with Gasteiger partial charge in [-0.3, -0.25) is 0 Å². The Labute approximate surface area is 104 Å². The molecule has 0 bridgehead atoms. The monoisotopic (exact) mass is 241 g/mol. The van der Waals surface area contributed by atoms with Gasteiger partial charge in [0.25, 0.3) is 0 Å². The van der Waals surface area contributed by atoms with Crippen molar-refractivity contribution in [3.05, 3.63) is 54.5 Å². The van der Waals surface area contributed by atoms with E-state index in [2.05, 4.69) is 4.98 Å². The number of hydrogen-bond donors (Lipinski definition) is 1. The molecule has 18 heavy (non-hydrogen) atoms. The molecule has 1 N–H and O–H groups in total. The molecule has 1 heterocycles. The van der Waals surface area contributed by atoms with Crippen LogP contribution in [0.1, 0.15) is 0 Å². The summed E-state index contributed by atoms with van der Waals surface area (Å²) < 4.78 is 19.1. The van der Waals surface area contributed by atoms with Crippen molar-refractivity contribution in [2.45, 2.75) is 0 Å². The van der Waals surface area contributed by atoms with E-state index in [1.807, 2.05) is 30.5 Å².